The first-order chi connectivity index (χ1) is 15.5. The molecule has 1 saturated heterocycles. The van der Waals surface area contributed by atoms with Gasteiger partial charge in [-0.1, -0.05) is 13.8 Å². The zero-order valence-corrected chi connectivity index (χ0v) is 20.4. The zero-order chi connectivity index (χ0) is 22.4. The standard InChI is InChI=1S/C25H34N6S/c1-15(2)20-21-17(4)23(18-6-5-9-30(10-7-18)11-8-26)32-25(21)29-22(20)19-12-16(3)24-27-14-28-31(24)13-19/h12-15,18,29H,5-11,26H2,1-4H3/t18-/m0/s1. The summed E-state index contributed by atoms with van der Waals surface area (Å²) in [7, 11) is 0. The van der Waals surface area contributed by atoms with Crippen molar-refractivity contribution < 1.29 is 0 Å². The summed E-state index contributed by atoms with van der Waals surface area (Å²) >= 11 is 1.98. The van der Waals surface area contributed by atoms with Gasteiger partial charge in [0, 0.05) is 35.1 Å². The Balaban J connectivity index is 1.57. The molecule has 0 spiro atoms. The van der Waals surface area contributed by atoms with E-state index in [1.807, 2.05) is 15.9 Å². The molecule has 5 rings (SSSR count). The Morgan fingerprint density at radius 1 is 1.25 bits per heavy atom. The number of hydrogen-bond donors (Lipinski definition) is 2. The van der Waals surface area contributed by atoms with Crippen molar-refractivity contribution in [3.05, 3.63) is 40.2 Å². The zero-order valence-electron chi connectivity index (χ0n) is 19.6. The number of nitrogens with two attached hydrogens (primary N) is 1. The van der Waals surface area contributed by atoms with E-state index in [-0.39, 0.29) is 0 Å². The third-order valence-electron chi connectivity index (χ3n) is 7.02. The van der Waals surface area contributed by atoms with Gasteiger partial charge in [-0.2, -0.15) is 5.10 Å². The minimum absolute atomic E-state index is 0.431. The Kier molecular flexibility index (Phi) is 5.82. The lowest BCUT2D eigenvalue weighted by Gasteiger charge is -2.19. The molecule has 0 aromatic carbocycles. The monoisotopic (exact) mass is 450 g/mol. The van der Waals surface area contributed by atoms with Gasteiger partial charge in [0.2, 0.25) is 0 Å². The summed E-state index contributed by atoms with van der Waals surface area (Å²) in [5, 5.41) is 5.82. The first kappa shape index (κ1) is 21.6. The van der Waals surface area contributed by atoms with Gasteiger partial charge in [-0.05, 0) is 80.8 Å². The molecule has 7 heteroatoms. The maximum atomic E-state index is 5.81. The van der Waals surface area contributed by atoms with E-state index in [9.17, 15) is 0 Å². The highest BCUT2D eigenvalue weighted by Gasteiger charge is 2.26. The molecule has 1 aliphatic rings. The molecule has 0 bridgehead atoms. The Morgan fingerprint density at radius 3 is 2.88 bits per heavy atom. The normalized spacial score (nSPS) is 18.2. The minimum atomic E-state index is 0.431. The van der Waals surface area contributed by atoms with Crippen molar-refractivity contribution in [2.75, 3.05) is 26.2 Å². The number of rotatable bonds is 5. The maximum absolute atomic E-state index is 5.81. The van der Waals surface area contributed by atoms with Crippen LogP contribution in [0.25, 0.3) is 27.1 Å². The van der Waals surface area contributed by atoms with Crippen LogP contribution in [0.15, 0.2) is 18.6 Å². The molecule has 3 N–H and O–H groups in total. The molecule has 0 aliphatic carbocycles. The first-order valence-electron chi connectivity index (χ1n) is 11.9. The van der Waals surface area contributed by atoms with Gasteiger partial charge in [-0.3, -0.25) is 0 Å². The van der Waals surface area contributed by atoms with Crippen LogP contribution in [0.1, 0.15) is 66.5 Å². The van der Waals surface area contributed by atoms with Crippen LogP contribution >= 0.6 is 11.3 Å². The molecule has 1 fully saturated rings. The van der Waals surface area contributed by atoms with E-state index >= 15 is 0 Å². The summed E-state index contributed by atoms with van der Waals surface area (Å²) in [6, 6.07) is 2.23. The SMILES string of the molecule is Cc1c([C@H]2CCCN(CCN)CC2)sc2[nH]c(-c3cc(C)c4ncnn4c3)c(C(C)C)c12. The lowest BCUT2D eigenvalue weighted by Crippen LogP contribution is -2.30. The van der Waals surface area contributed by atoms with Gasteiger partial charge in [0.25, 0.3) is 0 Å². The van der Waals surface area contributed by atoms with Crippen LogP contribution in [0.3, 0.4) is 0 Å². The third kappa shape index (κ3) is 3.66. The first-order valence-corrected chi connectivity index (χ1v) is 12.7. The Morgan fingerprint density at radius 2 is 2.09 bits per heavy atom. The highest BCUT2D eigenvalue weighted by molar-refractivity contribution is 7.19. The average molecular weight is 451 g/mol. The van der Waals surface area contributed by atoms with Gasteiger partial charge in [0.1, 0.15) is 11.2 Å². The Bertz CT molecular complexity index is 1250. The van der Waals surface area contributed by atoms with Gasteiger partial charge in [-0.15, -0.1) is 11.3 Å². The molecule has 32 heavy (non-hydrogen) atoms. The molecule has 5 heterocycles. The molecule has 0 unspecified atom stereocenters. The molecular weight excluding hydrogens is 416 g/mol. The molecule has 1 aliphatic heterocycles. The smallest absolute Gasteiger partial charge is 0.158 e. The quantitative estimate of drug-likeness (QED) is 0.438. The topological polar surface area (TPSA) is 75.2 Å². The second kappa shape index (κ2) is 8.61. The molecular formula is C25H34N6S. The fraction of sp³-hybridized carbons (Fsp3) is 0.520. The van der Waals surface area contributed by atoms with Gasteiger partial charge in [0.15, 0.2) is 5.65 Å². The number of fused-ring (bicyclic) bond motifs is 2. The van der Waals surface area contributed by atoms with E-state index in [4.69, 9.17) is 5.73 Å². The largest absolute Gasteiger partial charge is 0.346 e. The summed E-state index contributed by atoms with van der Waals surface area (Å²) in [6.45, 7) is 13.2. The fourth-order valence-electron chi connectivity index (χ4n) is 5.50. The Labute approximate surface area is 193 Å². The van der Waals surface area contributed by atoms with Crippen molar-refractivity contribution in [3.8, 4) is 11.3 Å². The van der Waals surface area contributed by atoms with E-state index in [1.54, 1.807) is 11.2 Å². The predicted molar refractivity (Wildman–Crippen MR) is 134 cm³/mol. The summed E-state index contributed by atoms with van der Waals surface area (Å²) in [5.74, 6) is 1.08. The number of likely N-dealkylation sites (tertiary alicyclic amines) is 1. The molecule has 4 aromatic rings. The third-order valence-corrected chi connectivity index (χ3v) is 8.39. The number of nitrogens with one attached hydrogen (secondary N) is 1. The Hall–Kier alpha value is -2.22. The van der Waals surface area contributed by atoms with Crippen LogP contribution in [0, 0.1) is 13.8 Å². The summed E-state index contributed by atoms with van der Waals surface area (Å²) in [6.07, 6.45) is 7.49. The van der Waals surface area contributed by atoms with Crippen LogP contribution in [0.5, 0.6) is 0 Å². The summed E-state index contributed by atoms with van der Waals surface area (Å²) in [5.41, 5.74) is 13.2. The number of aromatic nitrogens is 4. The average Bonchev–Trinajstić information content (AvgIpc) is 3.40. The number of hydrogen-bond acceptors (Lipinski definition) is 5. The van der Waals surface area contributed by atoms with Crippen LogP contribution in [0.4, 0.5) is 0 Å². The highest BCUT2D eigenvalue weighted by atomic mass is 32.1. The number of pyridine rings is 1. The number of aryl methyl sites for hydroxylation is 2. The van der Waals surface area contributed by atoms with Gasteiger partial charge >= 0.3 is 0 Å². The summed E-state index contributed by atoms with van der Waals surface area (Å²) < 4.78 is 1.89. The molecule has 170 valence electrons. The molecule has 0 amide bonds. The van der Waals surface area contributed by atoms with Crippen molar-refractivity contribution in [1.29, 1.82) is 0 Å². The van der Waals surface area contributed by atoms with Gasteiger partial charge in [-0.25, -0.2) is 9.50 Å². The van der Waals surface area contributed by atoms with E-state index in [1.165, 1.54) is 58.4 Å². The van der Waals surface area contributed by atoms with Crippen molar-refractivity contribution in [1.82, 2.24) is 24.5 Å². The highest BCUT2D eigenvalue weighted by Crippen LogP contribution is 2.45. The van der Waals surface area contributed by atoms with Crippen LogP contribution < -0.4 is 5.73 Å². The van der Waals surface area contributed by atoms with E-state index in [0.717, 1.165) is 30.8 Å². The number of aromatic amines is 1. The van der Waals surface area contributed by atoms with Crippen molar-refractivity contribution >= 4 is 27.2 Å². The second-order valence-corrected chi connectivity index (χ2v) is 10.6. The molecule has 4 aromatic heterocycles. The van der Waals surface area contributed by atoms with Gasteiger partial charge in [0.05, 0.1) is 5.69 Å². The molecule has 1 atom stereocenters. The number of H-pyrrole nitrogens is 1. The van der Waals surface area contributed by atoms with E-state index < -0.39 is 0 Å². The number of nitrogens with zero attached hydrogens (tertiary/aromatic N) is 4. The summed E-state index contributed by atoms with van der Waals surface area (Å²) in [4.78, 5) is 13.6. The second-order valence-electron chi connectivity index (χ2n) is 9.56. The molecule has 6 nitrogen and oxygen atoms in total. The van der Waals surface area contributed by atoms with Gasteiger partial charge < -0.3 is 15.6 Å². The van der Waals surface area contributed by atoms with E-state index in [2.05, 4.69) is 59.9 Å². The predicted octanol–water partition coefficient (Wildman–Crippen LogP) is 5.21. The van der Waals surface area contributed by atoms with Crippen molar-refractivity contribution in [2.45, 2.75) is 58.8 Å². The minimum Gasteiger partial charge on any atom is -0.346 e. The van der Waals surface area contributed by atoms with Crippen LogP contribution in [-0.2, 0) is 0 Å². The molecule has 0 saturated carbocycles. The van der Waals surface area contributed by atoms with Crippen LogP contribution in [0.2, 0.25) is 0 Å². The lowest BCUT2D eigenvalue weighted by molar-refractivity contribution is 0.292. The maximum Gasteiger partial charge on any atom is 0.158 e. The lowest BCUT2D eigenvalue weighted by atomic mass is 9.92. The van der Waals surface area contributed by atoms with E-state index in [0.29, 0.717) is 11.8 Å². The van der Waals surface area contributed by atoms with Crippen molar-refractivity contribution in [2.24, 2.45) is 5.73 Å². The molecule has 0 radical (unpaired) electrons. The fourth-order valence-corrected chi connectivity index (χ4v) is 6.89. The van der Waals surface area contributed by atoms with Crippen molar-refractivity contribution in [3.63, 3.8) is 0 Å². The number of thiophene rings is 1. The van der Waals surface area contributed by atoms with Crippen LogP contribution in [-0.4, -0.2) is 50.7 Å².